The van der Waals surface area contributed by atoms with E-state index in [-0.39, 0.29) is 0 Å². The lowest BCUT2D eigenvalue weighted by atomic mass is 9.92. The van der Waals surface area contributed by atoms with Gasteiger partial charge < -0.3 is 20.1 Å². The summed E-state index contributed by atoms with van der Waals surface area (Å²) in [5, 5.41) is 6.90. The summed E-state index contributed by atoms with van der Waals surface area (Å²) in [6.45, 7) is 11.8. The van der Waals surface area contributed by atoms with E-state index in [1.807, 2.05) is 7.05 Å². The van der Waals surface area contributed by atoms with Gasteiger partial charge in [0.05, 0.1) is 19.8 Å². The number of hydrogen-bond acceptors (Lipinski definition) is 4. The number of nitrogens with one attached hydrogen (secondary N) is 2. The molecular formula is C19H38N4O2. The first-order valence-electron chi connectivity index (χ1n) is 10.1. The van der Waals surface area contributed by atoms with Crippen molar-refractivity contribution >= 4 is 5.96 Å². The Morgan fingerprint density at radius 1 is 1.20 bits per heavy atom. The van der Waals surface area contributed by atoms with Crippen LogP contribution in [0.1, 0.15) is 39.5 Å². The van der Waals surface area contributed by atoms with Gasteiger partial charge in [0.15, 0.2) is 5.96 Å². The molecule has 1 aliphatic heterocycles. The smallest absolute Gasteiger partial charge is 0.191 e. The summed E-state index contributed by atoms with van der Waals surface area (Å²) in [6.07, 6.45) is 5.10. The third kappa shape index (κ3) is 7.50. The Bertz CT molecular complexity index is 378. The molecule has 1 aliphatic carbocycles. The molecule has 0 bridgehead atoms. The fraction of sp³-hybridized carbons (Fsp3) is 0.947. The van der Waals surface area contributed by atoms with Crippen LogP contribution in [0, 0.1) is 11.8 Å². The first-order chi connectivity index (χ1) is 12.3. The van der Waals surface area contributed by atoms with Gasteiger partial charge in [-0.1, -0.05) is 26.7 Å². The minimum Gasteiger partial charge on any atom is -0.379 e. The molecule has 6 nitrogen and oxygen atoms in total. The summed E-state index contributed by atoms with van der Waals surface area (Å²) in [5.74, 6) is 2.40. The molecule has 1 atom stereocenters. The number of guanidine groups is 1. The molecule has 0 aromatic heterocycles. The number of hydrogen-bond donors (Lipinski definition) is 2. The van der Waals surface area contributed by atoms with Crippen molar-refractivity contribution in [2.75, 3.05) is 59.7 Å². The van der Waals surface area contributed by atoms with Crippen molar-refractivity contribution in [3.8, 4) is 0 Å². The van der Waals surface area contributed by atoms with Crippen LogP contribution in [0.15, 0.2) is 4.99 Å². The number of rotatable bonds is 11. The van der Waals surface area contributed by atoms with Crippen molar-refractivity contribution in [2.45, 2.75) is 45.6 Å². The van der Waals surface area contributed by atoms with Gasteiger partial charge in [0.1, 0.15) is 0 Å². The highest BCUT2D eigenvalue weighted by molar-refractivity contribution is 5.79. The van der Waals surface area contributed by atoms with Gasteiger partial charge in [0.2, 0.25) is 0 Å². The van der Waals surface area contributed by atoms with Crippen molar-refractivity contribution in [1.82, 2.24) is 15.5 Å². The molecule has 2 fully saturated rings. The summed E-state index contributed by atoms with van der Waals surface area (Å²) in [4.78, 5) is 6.94. The van der Waals surface area contributed by atoms with E-state index in [4.69, 9.17) is 9.47 Å². The molecule has 0 aromatic carbocycles. The third-order valence-electron chi connectivity index (χ3n) is 5.40. The highest BCUT2D eigenvalue weighted by Gasteiger charge is 2.27. The predicted molar refractivity (Wildman–Crippen MR) is 103 cm³/mol. The van der Waals surface area contributed by atoms with Crippen LogP contribution in [0.3, 0.4) is 0 Å². The van der Waals surface area contributed by atoms with Gasteiger partial charge in [-0.2, -0.15) is 0 Å². The van der Waals surface area contributed by atoms with Crippen LogP contribution in [-0.2, 0) is 9.47 Å². The molecule has 0 aromatic rings. The van der Waals surface area contributed by atoms with E-state index < -0.39 is 0 Å². The van der Waals surface area contributed by atoms with Gasteiger partial charge >= 0.3 is 0 Å². The van der Waals surface area contributed by atoms with Crippen LogP contribution in [0.5, 0.6) is 0 Å². The van der Waals surface area contributed by atoms with Crippen molar-refractivity contribution in [3.05, 3.63) is 0 Å². The Balaban J connectivity index is 1.73. The Hall–Kier alpha value is -0.850. The van der Waals surface area contributed by atoms with E-state index in [9.17, 15) is 0 Å². The molecule has 2 aliphatic rings. The van der Waals surface area contributed by atoms with Crippen LogP contribution in [0.4, 0.5) is 0 Å². The van der Waals surface area contributed by atoms with Crippen molar-refractivity contribution < 1.29 is 9.47 Å². The monoisotopic (exact) mass is 354 g/mol. The average molecular weight is 355 g/mol. The second-order valence-electron chi connectivity index (χ2n) is 7.19. The van der Waals surface area contributed by atoms with Gasteiger partial charge in [0, 0.05) is 45.9 Å². The fourth-order valence-corrected chi connectivity index (χ4v) is 3.53. The molecule has 0 amide bonds. The van der Waals surface area contributed by atoms with Gasteiger partial charge in [-0.15, -0.1) is 0 Å². The summed E-state index contributed by atoms with van der Waals surface area (Å²) in [5.41, 5.74) is 0. The summed E-state index contributed by atoms with van der Waals surface area (Å²) in [6, 6.07) is 0.531. The largest absolute Gasteiger partial charge is 0.379 e. The van der Waals surface area contributed by atoms with Crippen LogP contribution in [0.25, 0.3) is 0 Å². The highest BCUT2D eigenvalue weighted by Crippen LogP contribution is 2.28. The maximum atomic E-state index is 5.68. The maximum Gasteiger partial charge on any atom is 0.191 e. The molecule has 0 spiro atoms. The summed E-state index contributed by atoms with van der Waals surface area (Å²) < 4.78 is 11.2. The predicted octanol–water partition coefficient (Wildman–Crippen LogP) is 1.72. The van der Waals surface area contributed by atoms with E-state index in [1.165, 1.54) is 25.7 Å². The van der Waals surface area contributed by atoms with Crippen LogP contribution in [-0.4, -0.2) is 76.6 Å². The lowest BCUT2D eigenvalue weighted by Gasteiger charge is -2.39. The zero-order chi connectivity index (χ0) is 17.9. The van der Waals surface area contributed by atoms with Gasteiger partial charge in [-0.3, -0.25) is 9.89 Å². The molecule has 1 saturated carbocycles. The normalized spacial score (nSPS) is 20.7. The molecule has 1 heterocycles. The summed E-state index contributed by atoms with van der Waals surface area (Å²) in [7, 11) is 1.83. The standard InChI is InChI=1S/C19H38N4O2/c1-4-17(5-2)18(23-9-12-24-13-10-23)14-22-19(20-3)21-8-11-25-15-16-6-7-16/h16-18H,4-15H2,1-3H3,(H2,20,21,22). The fourth-order valence-electron chi connectivity index (χ4n) is 3.53. The molecule has 25 heavy (non-hydrogen) atoms. The Morgan fingerprint density at radius 3 is 2.52 bits per heavy atom. The van der Waals surface area contributed by atoms with Gasteiger partial charge in [-0.25, -0.2) is 0 Å². The molecule has 0 radical (unpaired) electrons. The third-order valence-corrected chi connectivity index (χ3v) is 5.40. The highest BCUT2D eigenvalue weighted by atomic mass is 16.5. The van der Waals surface area contributed by atoms with Crippen molar-refractivity contribution in [2.24, 2.45) is 16.8 Å². The molecular weight excluding hydrogens is 316 g/mol. The average Bonchev–Trinajstić information content (AvgIpc) is 3.48. The molecule has 146 valence electrons. The van der Waals surface area contributed by atoms with E-state index >= 15 is 0 Å². The Morgan fingerprint density at radius 2 is 1.92 bits per heavy atom. The summed E-state index contributed by atoms with van der Waals surface area (Å²) >= 11 is 0. The van der Waals surface area contributed by atoms with Gasteiger partial charge in [-0.05, 0) is 24.7 Å². The van der Waals surface area contributed by atoms with Crippen molar-refractivity contribution in [1.29, 1.82) is 0 Å². The number of ether oxygens (including phenoxy) is 2. The lowest BCUT2D eigenvalue weighted by molar-refractivity contribution is 0.00271. The first kappa shape index (κ1) is 20.5. The zero-order valence-corrected chi connectivity index (χ0v) is 16.4. The Kier molecular flexibility index (Phi) is 9.58. The minimum absolute atomic E-state index is 0.531. The van der Waals surface area contributed by atoms with E-state index in [0.29, 0.717) is 12.0 Å². The van der Waals surface area contributed by atoms with Crippen LogP contribution >= 0.6 is 0 Å². The van der Waals surface area contributed by atoms with Crippen LogP contribution in [0.2, 0.25) is 0 Å². The SMILES string of the molecule is CCC(CC)C(CNC(=NC)NCCOCC1CC1)N1CCOCC1. The Labute approximate surface area is 153 Å². The molecule has 6 heteroatoms. The second kappa shape index (κ2) is 11.7. The second-order valence-corrected chi connectivity index (χ2v) is 7.19. The van der Waals surface area contributed by atoms with E-state index in [0.717, 1.165) is 64.5 Å². The quantitative estimate of drug-likeness (QED) is 0.336. The van der Waals surface area contributed by atoms with Gasteiger partial charge in [0.25, 0.3) is 0 Å². The molecule has 1 saturated heterocycles. The van der Waals surface area contributed by atoms with E-state index in [2.05, 4.69) is 34.4 Å². The number of nitrogens with zero attached hydrogens (tertiary/aromatic N) is 2. The van der Waals surface area contributed by atoms with E-state index in [1.54, 1.807) is 0 Å². The maximum absolute atomic E-state index is 5.68. The number of morpholine rings is 1. The zero-order valence-electron chi connectivity index (χ0n) is 16.4. The van der Waals surface area contributed by atoms with Crippen molar-refractivity contribution in [3.63, 3.8) is 0 Å². The molecule has 2 N–H and O–H groups in total. The minimum atomic E-state index is 0.531. The number of aliphatic imine (C=N–C) groups is 1. The molecule has 1 unspecified atom stereocenters. The topological polar surface area (TPSA) is 58.1 Å². The molecule has 2 rings (SSSR count). The lowest BCUT2D eigenvalue weighted by Crippen LogP contribution is -2.53. The first-order valence-corrected chi connectivity index (χ1v) is 10.1. The van der Waals surface area contributed by atoms with Crippen LogP contribution < -0.4 is 10.6 Å².